The van der Waals surface area contributed by atoms with Crippen molar-refractivity contribution in [1.29, 1.82) is 0 Å². The van der Waals surface area contributed by atoms with Gasteiger partial charge in [0.25, 0.3) is 0 Å². The standard InChI is InChI=1S/C18H25N3O3/c1-2-21(11-16(23)14-8-5-9-15(22)10-14)12-17-19-18(24-20-17)13-6-3-4-7-13/h5,8-10,13,16,22-23H,2-4,6-7,11-12H2,1H3/t16-/m1/s1. The lowest BCUT2D eigenvalue weighted by atomic mass is 10.1. The Kier molecular flexibility index (Phi) is 5.48. The summed E-state index contributed by atoms with van der Waals surface area (Å²) in [5.41, 5.74) is 0.702. The molecule has 0 unspecified atom stereocenters. The van der Waals surface area contributed by atoms with Crippen LogP contribution in [0.3, 0.4) is 0 Å². The van der Waals surface area contributed by atoms with Crippen molar-refractivity contribution in [3.05, 3.63) is 41.5 Å². The van der Waals surface area contributed by atoms with Crippen molar-refractivity contribution in [2.75, 3.05) is 13.1 Å². The lowest BCUT2D eigenvalue weighted by molar-refractivity contribution is 0.110. The maximum absolute atomic E-state index is 10.4. The number of phenols is 1. The lowest BCUT2D eigenvalue weighted by Crippen LogP contribution is -2.28. The topological polar surface area (TPSA) is 82.6 Å². The summed E-state index contributed by atoms with van der Waals surface area (Å²) in [7, 11) is 0. The number of likely N-dealkylation sites (N-methyl/N-ethyl adjacent to an activating group) is 1. The van der Waals surface area contributed by atoms with Crippen molar-refractivity contribution in [2.45, 2.75) is 51.2 Å². The van der Waals surface area contributed by atoms with Crippen LogP contribution in [-0.4, -0.2) is 38.3 Å². The van der Waals surface area contributed by atoms with Gasteiger partial charge in [0.05, 0.1) is 12.6 Å². The quantitative estimate of drug-likeness (QED) is 0.811. The highest BCUT2D eigenvalue weighted by atomic mass is 16.5. The maximum atomic E-state index is 10.4. The van der Waals surface area contributed by atoms with Crippen LogP contribution in [0.25, 0.3) is 0 Å². The third-order valence-corrected chi connectivity index (χ3v) is 4.69. The molecular weight excluding hydrogens is 306 g/mol. The summed E-state index contributed by atoms with van der Waals surface area (Å²) in [6.07, 6.45) is 4.07. The molecule has 0 saturated heterocycles. The van der Waals surface area contributed by atoms with E-state index >= 15 is 0 Å². The third kappa shape index (κ3) is 4.13. The molecule has 1 saturated carbocycles. The Morgan fingerprint density at radius 2 is 2.12 bits per heavy atom. The highest BCUT2D eigenvalue weighted by Crippen LogP contribution is 2.33. The first-order chi connectivity index (χ1) is 11.7. The van der Waals surface area contributed by atoms with E-state index in [1.807, 2.05) is 13.0 Å². The van der Waals surface area contributed by atoms with Crippen LogP contribution < -0.4 is 0 Å². The molecule has 1 aromatic heterocycles. The molecule has 130 valence electrons. The van der Waals surface area contributed by atoms with E-state index in [1.165, 1.54) is 12.8 Å². The summed E-state index contributed by atoms with van der Waals surface area (Å²) < 4.78 is 5.42. The number of aliphatic hydroxyl groups excluding tert-OH is 1. The summed E-state index contributed by atoms with van der Waals surface area (Å²) in [6, 6.07) is 6.73. The predicted octanol–water partition coefficient (Wildman–Crippen LogP) is 2.99. The van der Waals surface area contributed by atoms with Crippen LogP contribution in [0, 0.1) is 0 Å². The molecule has 0 bridgehead atoms. The van der Waals surface area contributed by atoms with Gasteiger partial charge in [0.2, 0.25) is 5.89 Å². The van der Waals surface area contributed by atoms with Crippen LogP contribution in [-0.2, 0) is 6.54 Å². The van der Waals surface area contributed by atoms with Crippen LogP contribution in [0.4, 0.5) is 0 Å². The molecule has 2 N–H and O–H groups in total. The van der Waals surface area contributed by atoms with Crippen molar-refractivity contribution in [1.82, 2.24) is 15.0 Å². The Hall–Kier alpha value is -1.92. The first-order valence-corrected chi connectivity index (χ1v) is 8.67. The number of aromatic hydroxyl groups is 1. The van der Waals surface area contributed by atoms with E-state index in [1.54, 1.807) is 18.2 Å². The Morgan fingerprint density at radius 1 is 1.33 bits per heavy atom. The first-order valence-electron chi connectivity index (χ1n) is 8.67. The molecule has 6 nitrogen and oxygen atoms in total. The average Bonchev–Trinajstić information content (AvgIpc) is 3.25. The van der Waals surface area contributed by atoms with Crippen LogP contribution >= 0.6 is 0 Å². The number of aromatic nitrogens is 2. The summed E-state index contributed by atoms with van der Waals surface area (Å²) in [5.74, 6) is 2.00. The molecule has 6 heteroatoms. The maximum Gasteiger partial charge on any atom is 0.229 e. The zero-order chi connectivity index (χ0) is 16.9. The van der Waals surface area contributed by atoms with Gasteiger partial charge in [0.1, 0.15) is 5.75 Å². The van der Waals surface area contributed by atoms with E-state index in [9.17, 15) is 10.2 Å². The van der Waals surface area contributed by atoms with Gasteiger partial charge >= 0.3 is 0 Å². The molecule has 1 fully saturated rings. The molecule has 0 spiro atoms. The summed E-state index contributed by atoms with van der Waals surface area (Å²) >= 11 is 0. The Labute approximate surface area is 142 Å². The highest BCUT2D eigenvalue weighted by molar-refractivity contribution is 5.28. The van der Waals surface area contributed by atoms with Crippen LogP contribution in [0.5, 0.6) is 5.75 Å². The molecule has 1 aliphatic carbocycles. The van der Waals surface area contributed by atoms with Gasteiger partial charge in [-0.3, -0.25) is 4.90 Å². The largest absolute Gasteiger partial charge is 0.508 e. The zero-order valence-corrected chi connectivity index (χ0v) is 14.1. The normalized spacial score (nSPS) is 16.8. The summed E-state index contributed by atoms with van der Waals surface area (Å²) in [4.78, 5) is 6.60. The molecule has 0 radical (unpaired) electrons. The minimum Gasteiger partial charge on any atom is -0.508 e. The van der Waals surface area contributed by atoms with E-state index in [2.05, 4.69) is 15.0 Å². The molecule has 24 heavy (non-hydrogen) atoms. The highest BCUT2D eigenvalue weighted by Gasteiger charge is 2.23. The Balaban J connectivity index is 1.60. The summed E-state index contributed by atoms with van der Waals surface area (Å²) in [5, 5.41) is 24.0. The minimum absolute atomic E-state index is 0.161. The minimum atomic E-state index is -0.668. The van der Waals surface area contributed by atoms with E-state index in [0.29, 0.717) is 30.4 Å². The van der Waals surface area contributed by atoms with Gasteiger partial charge in [0.15, 0.2) is 5.82 Å². The van der Waals surface area contributed by atoms with Gasteiger partial charge in [-0.15, -0.1) is 0 Å². The van der Waals surface area contributed by atoms with Gasteiger partial charge in [-0.1, -0.05) is 37.1 Å². The van der Waals surface area contributed by atoms with Crippen molar-refractivity contribution in [3.8, 4) is 5.75 Å². The first kappa shape index (κ1) is 16.9. The average molecular weight is 331 g/mol. The molecule has 2 aromatic rings. The van der Waals surface area contributed by atoms with E-state index in [0.717, 1.165) is 25.3 Å². The van der Waals surface area contributed by atoms with Gasteiger partial charge in [-0.25, -0.2) is 0 Å². The number of rotatable bonds is 7. The number of hydrogen-bond donors (Lipinski definition) is 2. The van der Waals surface area contributed by atoms with E-state index < -0.39 is 6.10 Å². The molecule has 0 amide bonds. The molecule has 1 atom stereocenters. The number of benzene rings is 1. The van der Waals surface area contributed by atoms with Crippen molar-refractivity contribution < 1.29 is 14.7 Å². The Morgan fingerprint density at radius 3 is 2.83 bits per heavy atom. The molecule has 1 aliphatic rings. The SMILES string of the molecule is CCN(Cc1noc(C2CCCC2)n1)C[C@@H](O)c1cccc(O)c1. The monoisotopic (exact) mass is 331 g/mol. The van der Waals surface area contributed by atoms with Gasteiger partial charge in [0, 0.05) is 12.5 Å². The molecule has 3 rings (SSSR count). The third-order valence-electron chi connectivity index (χ3n) is 4.69. The molecule has 1 heterocycles. The second-order valence-electron chi connectivity index (χ2n) is 6.47. The van der Waals surface area contributed by atoms with Crippen LogP contribution in [0.2, 0.25) is 0 Å². The molecule has 1 aromatic carbocycles. The molecule has 0 aliphatic heterocycles. The second kappa shape index (κ2) is 7.77. The van der Waals surface area contributed by atoms with Gasteiger partial charge in [-0.2, -0.15) is 4.98 Å². The Bertz CT molecular complexity index is 652. The smallest absolute Gasteiger partial charge is 0.229 e. The summed E-state index contributed by atoms with van der Waals surface area (Å²) in [6.45, 7) is 3.80. The second-order valence-corrected chi connectivity index (χ2v) is 6.47. The molecular formula is C18H25N3O3. The fourth-order valence-electron chi connectivity index (χ4n) is 3.26. The lowest BCUT2D eigenvalue weighted by Gasteiger charge is -2.22. The van der Waals surface area contributed by atoms with E-state index in [-0.39, 0.29) is 5.75 Å². The fraction of sp³-hybridized carbons (Fsp3) is 0.556. The number of hydrogen-bond acceptors (Lipinski definition) is 6. The van der Waals surface area contributed by atoms with Crippen LogP contribution in [0.1, 0.15) is 61.9 Å². The van der Waals surface area contributed by atoms with Crippen molar-refractivity contribution >= 4 is 0 Å². The number of aliphatic hydroxyl groups is 1. The zero-order valence-electron chi connectivity index (χ0n) is 14.1. The number of nitrogens with zero attached hydrogens (tertiary/aromatic N) is 3. The number of phenolic OH excluding ortho intramolecular Hbond substituents is 1. The van der Waals surface area contributed by atoms with Crippen molar-refractivity contribution in [3.63, 3.8) is 0 Å². The van der Waals surface area contributed by atoms with Crippen molar-refractivity contribution in [2.24, 2.45) is 0 Å². The van der Waals surface area contributed by atoms with Crippen LogP contribution in [0.15, 0.2) is 28.8 Å². The van der Waals surface area contributed by atoms with E-state index in [4.69, 9.17) is 4.52 Å². The fourth-order valence-corrected chi connectivity index (χ4v) is 3.26. The predicted molar refractivity (Wildman–Crippen MR) is 89.5 cm³/mol. The van der Waals surface area contributed by atoms with Gasteiger partial charge < -0.3 is 14.7 Å². The van der Waals surface area contributed by atoms with Gasteiger partial charge in [-0.05, 0) is 37.1 Å².